The molecule has 7 heteroatoms. The second-order valence-electron chi connectivity index (χ2n) is 3.42. The smallest absolute Gasteiger partial charge is 0.268 e. The van der Waals surface area contributed by atoms with Gasteiger partial charge in [0.15, 0.2) is 0 Å². The summed E-state index contributed by atoms with van der Waals surface area (Å²) in [5.41, 5.74) is 0.927. The number of benzene rings is 1. The standard InChI is InChI=1S/C10H11NO4S2/c12-5-4-8-2-1-3-9(6-8)15-10-11-17(13,14)7-16-10/h1-3,6,12H,4-5,7H2. The van der Waals surface area contributed by atoms with Crippen LogP contribution < -0.4 is 4.74 Å². The molecule has 0 radical (unpaired) electrons. The van der Waals surface area contributed by atoms with Crippen molar-refractivity contribution >= 4 is 27.0 Å². The first-order valence-electron chi connectivity index (χ1n) is 4.92. The fourth-order valence-electron chi connectivity index (χ4n) is 1.33. The Labute approximate surface area is 104 Å². The van der Waals surface area contributed by atoms with Gasteiger partial charge in [0.05, 0.1) is 0 Å². The molecule has 1 aliphatic rings. The predicted octanol–water partition coefficient (Wildman–Crippen LogP) is 0.990. The van der Waals surface area contributed by atoms with Gasteiger partial charge < -0.3 is 9.84 Å². The molecule has 0 unspecified atom stereocenters. The lowest BCUT2D eigenvalue weighted by atomic mass is 10.1. The van der Waals surface area contributed by atoms with E-state index in [0.717, 1.165) is 17.3 Å². The SMILES string of the molecule is O=S1(=O)CSC(Oc2cccc(CCO)c2)=N1. The van der Waals surface area contributed by atoms with Gasteiger partial charge in [-0.1, -0.05) is 12.1 Å². The van der Waals surface area contributed by atoms with Crippen LogP contribution in [-0.2, 0) is 16.4 Å². The monoisotopic (exact) mass is 273 g/mol. The molecule has 0 fully saturated rings. The summed E-state index contributed by atoms with van der Waals surface area (Å²) < 4.78 is 31.0. The zero-order chi connectivity index (χ0) is 12.3. The minimum atomic E-state index is -3.35. The van der Waals surface area contributed by atoms with Crippen molar-refractivity contribution in [2.24, 2.45) is 4.40 Å². The maximum Gasteiger partial charge on any atom is 0.268 e. The average molecular weight is 273 g/mol. The van der Waals surface area contributed by atoms with Crippen molar-refractivity contribution in [3.05, 3.63) is 29.8 Å². The van der Waals surface area contributed by atoms with Gasteiger partial charge in [-0.15, -0.1) is 4.40 Å². The highest BCUT2D eigenvalue weighted by Crippen LogP contribution is 2.23. The van der Waals surface area contributed by atoms with Crippen molar-refractivity contribution < 1.29 is 18.3 Å². The Kier molecular flexibility index (Phi) is 3.70. The number of rotatable bonds is 3. The van der Waals surface area contributed by atoms with Crippen LogP contribution in [0.1, 0.15) is 5.56 Å². The Hall–Kier alpha value is -1.05. The summed E-state index contributed by atoms with van der Waals surface area (Å²) in [6.45, 7) is 0.0630. The second kappa shape index (κ2) is 5.07. The van der Waals surface area contributed by atoms with Crippen LogP contribution in [0.3, 0.4) is 0 Å². The van der Waals surface area contributed by atoms with E-state index in [1.807, 2.05) is 6.07 Å². The van der Waals surface area contributed by atoms with E-state index in [2.05, 4.69) is 4.40 Å². The van der Waals surface area contributed by atoms with Gasteiger partial charge in [0.25, 0.3) is 15.3 Å². The first-order valence-corrected chi connectivity index (χ1v) is 7.52. The molecule has 0 atom stereocenters. The lowest BCUT2D eigenvalue weighted by Gasteiger charge is -2.04. The molecular weight excluding hydrogens is 262 g/mol. The molecule has 1 aliphatic heterocycles. The normalized spacial score (nSPS) is 17.8. The Balaban J connectivity index is 2.12. The number of ether oxygens (including phenoxy) is 1. The number of aliphatic hydroxyl groups is 1. The van der Waals surface area contributed by atoms with E-state index in [4.69, 9.17) is 9.84 Å². The Bertz CT molecular complexity index is 539. The second-order valence-corrected chi connectivity index (χ2v) is 6.35. The molecule has 1 N–H and O–H groups in total. The van der Waals surface area contributed by atoms with Gasteiger partial charge in [-0.3, -0.25) is 0 Å². The van der Waals surface area contributed by atoms with Gasteiger partial charge in [0.1, 0.15) is 10.8 Å². The number of nitrogens with zero attached hydrogens (tertiary/aromatic N) is 1. The van der Waals surface area contributed by atoms with Gasteiger partial charge in [-0.05, 0) is 35.9 Å². The zero-order valence-corrected chi connectivity index (χ0v) is 10.5. The number of thioether (sulfide) groups is 1. The Morgan fingerprint density at radius 2 is 2.29 bits per heavy atom. The molecule has 5 nitrogen and oxygen atoms in total. The fourth-order valence-corrected chi connectivity index (χ4v) is 3.51. The molecule has 92 valence electrons. The number of aliphatic hydroxyl groups excluding tert-OH is 1. The molecule has 0 spiro atoms. The van der Waals surface area contributed by atoms with Crippen LogP contribution in [0.4, 0.5) is 0 Å². The lowest BCUT2D eigenvalue weighted by molar-refractivity contribution is 0.299. The summed E-state index contributed by atoms with van der Waals surface area (Å²) in [6, 6.07) is 7.12. The molecule has 0 amide bonds. The van der Waals surface area contributed by atoms with Gasteiger partial charge in [0, 0.05) is 6.61 Å². The molecule has 2 rings (SSSR count). The molecule has 0 bridgehead atoms. The molecular formula is C10H11NO4S2. The summed E-state index contributed by atoms with van der Waals surface area (Å²) in [5, 5.41) is 8.89. The summed E-state index contributed by atoms with van der Waals surface area (Å²) in [6.07, 6.45) is 0.537. The van der Waals surface area contributed by atoms with Gasteiger partial charge >= 0.3 is 0 Å². The summed E-state index contributed by atoms with van der Waals surface area (Å²) in [5.74, 6) is 0.527. The highest BCUT2D eigenvalue weighted by atomic mass is 32.3. The van der Waals surface area contributed by atoms with Crippen LogP contribution in [0.2, 0.25) is 0 Å². The summed E-state index contributed by atoms with van der Waals surface area (Å²) in [4.78, 5) is 0. The molecule has 0 aromatic heterocycles. The third-order valence-corrected chi connectivity index (χ3v) is 4.69. The van der Waals surface area contributed by atoms with E-state index in [0.29, 0.717) is 12.2 Å². The molecule has 17 heavy (non-hydrogen) atoms. The lowest BCUT2D eigenvalue weighted by Crippen LogP contribution is -2.01. The molecule has 0 saturated carbocycles. The van der Waals surface area contributed by atoms with Gasteiger partial charge in [-0.2, -0.15) is 0 Å². The van der Waals surface area contributed by atoms with Crippen molar-refractivity contribution in [1.29, 1.82) is 0 Å². The van der Waals surface area contributed by atoms with E-state index >= 15 is 0 Å². The molecule has 1 aromatic carbocycles. The number of sulfonamides is 1. The first kappa shape index (κ1) is 12.4. The number of hydrogen-bond acceptors (Lipinski definition) is 5. The topological polar surface area (TPSA) is 76.0 Å². The highest BCUT2D eigenvalue weighted by Gasteiger charge is 2.22. The van der Waals surface area contributed by atoms with Gasteiger partial charge in [-0.25, -0.2) is 8.42 Å². The Morgan fingerprint density at radius 1 is 1.47 bits per heavy atom. The molecule has 0 saturated heterocycles. The van der Waals surface area contributed by atoms with E-state index in [1.54, 1.807) is 18.2 Å². The van der Waals surface area contributed by atoms with Crippen LogP contribution in [0, 0.1) is 0 Å². The average Bonchev–Trinajstić information content (AvgIpc) is 2.59. The van der Waals surface area contributed by atoms with Crippen LogP contribution in [0.15, 0.2) is 28.7 Å². The quantitative estimate of drug-likeness (QED) is 0.888. The van der Waals surface area contributed by atoms with Crippen LogP contribution >= 0.6 is 11.8 Å². The maximum absolute atomic E-state index is 11.1. The minimum absolute atomic E-state index is 0.0630. The van der Waals surface area contributed by atoms with Crippen LogP contribution in [0.25, 0.3) is 0 Å². The maximum atomic E-state index is 11.1. The summed E-state index contributed by atoms with van der Waals surface area (Å²) in [7, 11) is -3.35. The highest BCUT2D eigenvalue weighted by molar-refractivity contribution is 8.24. The third kappa shape index (κ3) is 3.45. The van der Waals surface area contributed by atoms with E-state index < -0.39 is 10.0 Å². The van der Waals surface area contributed by atoms with Crippen LogP contribution in [-0.4, -0.2) is 30.4 Å². The van der Waals surface area contributed by atoms with Crippen molar-refractivity contribution in [3.63, 3.8) is 0 Å². The van der Waals surface area contributed by atoms with E-state index in [-0.39, 0.29) is 16.9 Å². The van der Waals surface area contributed by atoms with E-state index in [9.17, 15) is 8.42 Å². The van der Waals surface area contributed by atoms with Crippen molar-refractivity contribution in [3.8, 4) is 5.75 Å². The molecule has 1 heterocycles. The molecule has 0 aliphatic carbocycles. The van der Waals surface area contributed by atoms with Crippen molar-refractivity contribution in [1.82, 2.24) is 0 Å². The zero-order valence-electron chi connectivity index (χ0n) is 8.87. The fraction of sp³-hybridized carbons (Fsp3) is 0.300. The van der Waals surface area contributed by atoms with Crippen molar-refractivity contribution in [2.75, 3.05) is 11.7 Å². The third-order valence-electron chi connectivity index (χ3n) is 2.05. The first-order chi connectivity index (χ1) is 8.09. The van der Waals surface area contributed by atoms with Gasteiger partial charge in [0.2, 0.25) is 0 Å². The van der Waals surface area contributed by atoms with Crippen molar-refractivity contribution in [2.45, 2.75) is 6.42 Å². The number of hydrogen-bond donors (Lipinski definition) is 1. The largest absolute Gasteiger partial charge is 0.433 e. The Morgan fingerprint density at radius 3 is 2.94 bits per heavy atom. The summed E-state index contributed by atoms with van der Waals surface area (Å²) >= 11 is 1.05. The molecule has 1 aromatic rings. The predicted molar refractivity (Wildman–Crippen MR) is 66.7 cm³/mol. The van der Waals surface area contributed by atoms with Crippen LogP contribution in [0.5, 0.6) is 5.75 Å². The minimum Gasteiger partial charge on any atom is -0.433 e. The van der Waals surface area contributed by atoms with E-state index in [1.165, 1.54) is 0 Å².